The highest BCUT2D eigenvalue weighted by atomic mass is 16.5. The first-order chi connectivity index (χ1) is 15.5. The topological polar surface area (TPSA) is 135 Å². The summed E-state index contributed by atoms with van der Waals surface area (Å²) in [6.07, 6.45) is 4.41. The Kier molecular flexibility index (Phi) is 7.21. The molecule has 0 amide bonds. The second kappa shape index (κ2) is 10.2. The van der Waals surface area contributed by atoms with Crippen molar-refractivity contribution in [2.24, 2.45) is 0 Å². The number of anilines is 2. The van der Waals surface area contributed by atoms with Gasteiger partial charge in [0.15, 0.2) is 11.5 Å². The standard InChI is InChI=1S/C23H24N4O5/c1-29-18-16(11-15-12-26-23(25)27-22(15)24)17(13-28)19(30-2)20(31-3)21(18)32-10-9-14-7-5-4-6-8-14/h4-8,12,28H,11,13H2,1-3H3,(H4,24,25,26,27). The van der Waals surface area contributed by atoms with Crippen LogP contribution in [0.5, 0.6) is 23.0 Å². The van der Waals surface area contributed by atoms with Gasteiger partial charge in [0.1, 0.15) is 11.9 Å². The minimum Gasteiger partial charge on any atom is -0.492 e. The van der Waals surface area contributed by atoms with Crippen LogP contribution in [-0.4, -0.2) is 36.4 Å². The first-order valence-electron chi connectivity index (χ1n) is 9.58. The lowest BCUT2D eigenvalue weighted by Crippen LogP contribution is -2.09. The molecule has 1 aromatic heterocycles. The lowest BCUT2D eigenvalue weighted by atomic mass is 9.97. The Bertz CT molecular complexity index is 1160. The molecule has 9 nitrogen and oxygen atoms in total. The summed E-state index contributed by atoms with van der Waals surface area (Å²) >= 11 is 0. The molecule has 0 radical (unpaired) electrons. The molecule has 0 fully saturated rings. The van der Waals surface area contributed by atoms with Gasteiger partial charge in [-0.1, -0.05) is 18.2 Å². The predicted octanol–water partition coefficient (Wildman–Crippen LogP) is 2.14. The van der Waals surface area contributed by atoms with Crippen LogP contribution in [0.25, 0.3) is 0 Å². The number of methoxy groups -OCH3 is 3. The summed E-state index contributed by atoms with van der Waals surface area (Å²) in [4.78, 5) is 8.00. The van der Waals surface area contributed by atoms with Crippen molar-refractivity contribution < 1.29 is 24.1 Å². The quantitative estimate of drug-likeness (QED) is 0.476. The highest BCUT2D eigenvalue weighted by molar-refractivity contribution is 5.68. The fourth-order valence-corrected chi connectivity index (χ4v) is 3.24. The molecule has 0 aliphatic rings. The maximum absolute atomic E-state index is 10.1. The number of aromatic nitrogens is 2. The van der Waals surface area contributed by atoms with Crippen molar-refractivity contribution in [2.75, 3.05) is 32.8 Å². The molecule has 2 aromatic carbocycles. The molecule has 5 N–H and O–H groups in total. The molecule has 166 valence electrons. The first kappa shape index (κ1) is 22.5. The second-order valence-corrected chi connectivity index (χ2v) is 6.55. The van der Waals surface area contributed by atoms with Gasteiger partial charge >= 0.3 is 0 Å². The predicted molar refractivity (Wildman–Crippen MR) is 120 cm³/mol. The maximum atomic E-state index is 10.1. The SMILES string of the molecule is COc1c(CO)c(Cc2cnc(N)nc2N)c(OC)c(OC#Cc2ccccc2)c1OC. The third kappa shape index (κ3) is 4.61. The summed E-state index contributed by atoms with van der Waals surface area (Å²) in [7, 11) is 4.40. The van der Waals surface area contributed by atoms with Gasteiger partial charge in [-0.05, 0) is 18.1 Å². The van der Waals surface area contributed by atoms with E-state index >= 15 is 0 Å². The van der Waals surface area contributed by atoms with E-state index in [0.717, 1.165) is 5.56 Å². The van der Waals surface area contributed by atoms with Gasteiger partial charge in [-0.15, -0.1) is 0 Å². The van der Waals surface area contributed by atoms with Gasteiger partial charge < -0.3 is 35.5 Å². The Morgan fingerprint density at radius 1 is 0.906 bits per heavy atom. The van der Waals surface area contributed by atoms with E-state index in [1.807, 2.05) is 30.3 Å². The summed E-state index contributed by atoms with van der Waals surface area (Å²) in [5, 5.41) is 10.1. The van der Waals surface area contributed by atoms with E-state index < -0.39 is 0 Å². The van der Waals surface area contributed by atoms with E-state index in [-0.39, 0.29) is 42.0 Å². The number of aliphatic hydroxyl groups is 1. The highest BCUT2D eigenvalue weighted by Crippen LogP contribution is 2.50. The molecule has 0 aliphatic carbocycles. The Morgan fingerprint density at radius 2 is 1.56 bits per heavy atom. The number of nitrogens with two attached hydrogens (primary N) is 2. The highest BCUT2D eigenvalue weighted by Gasteiger charge is 2.28. The molecular formula is C23H24N4O5. The average Bonchev–Trinajstić information content (AvgIpc) is 2.80. The summed E-state index contributed by atoms with van der Waals surface area (Å²) in [6, 6.07) is 9.36. The smallest absolute Gasteiger partial charge is 0.228 e. The normalized spacial score (nSPS) is 10.1. The molecule has 0 saturated heterocycles. The fourth-order valence-electron chi connectivity index (χ4n) is 3.24. The van der Waals surface area contributed by atoms with E-state index in [2.05, 4.69) is 22.0 Å². The minimum absolute atomic E-state index is 0.0631. The molecule has 0 bridgehead atoms. The van der Waals surface area contributed by atoms with Crippen LogP contribution in [0.3, 0.4) is 0 Å². The summed E-state index contributed by atoms with van der Waals surface area (Å²) in [6.45, 7) is -0.350. The molecule has 1 heterocycles. The van der Waals surface area contributed by atoms with Crippen LogP contribution < -0.4 is 30.4 Å². The van der Waals surface area contributed by atoms with Gasteiger partial charge in [-0.25, -0.2) is 4.98 Å². The lowest BCUT2D eigenvalue weighted by molar-refractivity contribution is 0.263. The number of nitrogens with zero attached hydrogens (tertiary/aromatic N) is 2. The molecule has 32 heavy (non-hydrogen) atoms. The van der Waals surface area contributed by atoms with E-state index in [1.54, 1.807) is 0 Å². The first-order valence-corrected chi connectivity index (χ1v) is 9.58. The van der Waals surface area contributed by atoms with E-state index in [9.17, 15) is 5.11 Å². The van der Waals surface area contributed by atoms with Crippen LogP contribution in [0.1, 0.15) is 22.3 Å². The van der Waals surface area contributed by atoms with E-state index in [1.165, 1.54) is 27.5 Å². The number of nitrogen functional groups attached to an aromatic ring is 2. The Labute approximate surface area is 185 Å². The zero-order valence-electron chi connectivity index (χ0n) is 18.0. The van der Waals surface area contributed by atoms with Crippen molar-refractivity contribution in [1.82, 2.24) is 9.97 Å². The summed E-state index contributed by atoms with van der Waals surface area (Å²) < 4.78 is 22.5. The van der Waals surface area contributed by atoms with Crippen molar-refractivity contribution in [1.29, 1.82) is 0 Å². The van der Waals surface area contributed by atoms with Crippen molar-refractivity contribution in [3.05, 3.63) is 58.8 Å². The lowest BCUT2D eigenvalue weighted by Gasteiger charge is -2.22. The van der Waals surface area contributed by atoms with Gasteiger partial charge in [0.2, 0.25) is 17.4 Å². The Balaban J connectivity index is 2.16. The third-order valence-electron chi connectivity index (χ3n) is 4.71. The van der Waals surface area contributed by atoms with Crippen LogP contribution >= 0.6 is 0 Å². The Morgan fingerprint density at radius 3 is 2.16 bits per heavy atom. The number of ether oxygens (including phenoxy) is 4. The number of rotatable bonds is 7. The average molecular weight is 436 g/mol. The van der Waals surface area contributed by atoms with Crippen molar-refractivity contribution in [2.45, 2.75) is 13.0 Å². The molecular weight excluding hydrogens is 412 g/mol. The fraction of sp³-hybridized carbons (Fsp3) is 0.217. The van der Waals surface area contributed by atoms with Gasteiger partial charge in [-0.2, -0.15) is 4.98 Å². The molecule has 0 saturated carbocycles. The molecule has 0 spiro atoms. The maximum Gasteiger partial charge on any atom is 0.228 e. The van der Waals surface area contributed by atoms with Crippen LogP contribution in [0.4, 0.5) is 11.8 Å². The van der Waals surface area contributed by atoms with Gasteiger partial charge in [0.25, 0.3) is 0 Å². The minimum atomic E-state index is -0.350. The van der Waals surface area contributed by atoms with Crippen molar-refractivity contribution in [3.8, 4) is 35.0 Å². The monoisotopic (exact) mass is 436 g/mol. The summed E-state index contributed by atoms with van der Waals surface area (Å²) in [5.74, 6) is 4.24. The van der Waals surface area contributed by atoms with Crippen LogP contribution in [0, 0.1) is 12.0 Å². The molecule has 3 aromatic rings. The number of aliphatic hydroxyl groups excluding tert-OH is 1. The molecule has 3 rings (SSSR count). The third-order valence-corrected chi connectivity index (χ3v) is 4.71. The zero-order valence-corrected chi connectivity index (χ0v) is 18.0. The Hall–Kier alpha value is -4.16. The van der Waals surface area contributed by atoms with Gasteiger partial charge in [0, 0.05) is 34.9 Å². The molecule has 0 atom stereocenters. The van der Waals surface area contributed by atoms with E-state index in [0.29, 0.717) is 22.4 Å². The van der Waals surface area contributed by atoms with Crippen LogP contribution in [0.15, 0.2) is 36.5 Å². The van der Waals surface area contributed by atoms with Gasteiger partial charge in [-0.3, -0.25) is 0 Å². The van der Waals surface area contributed by atoms with Crippen molar-refractivity contribution in [3.63, 3.8) is 0 Å². The van der Waals surface area contributed by atoms with Crippen LogP contribution in [-0.2, 0) is 13.0 Å². The number of benzene rings is 2. The zero-order chi connectivity index (χ0) is 23.1. The van der Waals surface area contributed by atoms with E-state index in [4.69, 9.17) is 30.4 Å². The molecule has 0 unspecified atom stereocenters. The molecule has 0 aliphatic heterocycles. The van der Waals surface area contributed by atoms with Crippen LogP contribution in [0.2, 0.25) is 0 Å². The largest absolute Gasteiger partial charge is 0.492 e. The summed E-state index contributed by atoms with van der Waals surface area (Å²) in [5.41, 5.74) is 14.0. The number of hydrogen-bond donors (Lipinski definition) is 3. The van der Waals surface area contributed by atoms with Crippen molar-refractivity contribution >= 4 is 11.8 Å². The second-order valence-electron chi connectivity index (χ2n) is 6.55. The molecule has 9 heteroatoms. The number of hydrogen-bond acceptors (Lipinski definition) is 9. The van der Waals surface area contributed by atoms with Gasteiger partial charge in [0.05, 0.1) is 27.9 Å².